The van der Waals surface area contributed by atoms with Crippen LogP contribution in [0.1, 0.15) is 29.5 Å². The van der Waals surface area contributed by atoms with E-state index >= 15 is 0 Å². The molecular formula is C31H27NO3. The van der Waals surface area contributed by atoms with Crippen molar-refractivity contribution in [2.45, 2.75) is 12.8 Å². The molecular weight excluding hydrogens is 434 g/mol. The molecule has 0 amide bonds. The summed E-state index contributed by atoms with van der Waals surface area (Å²) >= 11 is 0. The molecule has 4 aromatic rings. The van der Waals surface area contributed by atoms with Gasteiger partial charge in [0.15, 0.2) is 0 Å². The highest BCUT2D eigenvalue weighted by Crippen LogP contribution is 2.45. The highest BCUT2D eigenvalue weighted by atomic mass is 16.5. The van der Waals surface area contributed by atoms with Crippen LogP contribution in [0.5, 0.6) is 17.2 Å². The van der Waals surface area contributed by atoms with Crippen molar-refractivity contribution in [2.75, 3.05) is 13.7 Å². The van der Waals surface area contributed by atoms with Crippen LogP contribution in [0, 0.1) is 0 Å². The number of benzene rings is 4. The van der Waals surface area contributed by atoms with Gasteiger partial charge >= 0.3 is 0 Å². The Bertz CT molecular complexity index is 1360. The Morgan fingerprint density at radius 1 is 0.829 bits per heavy atom. The van der Waals surface area contributed by atoms with E-state index in [0.717, 1.165) is 45.4 Å². The normalized spacial score (nSPS) is 15.0. The van der Waals surface area contributed by atoms with E-state index in [0.29, 0.717) is 6.61 Å². The predicted molar refractivity (Wildman–Crippen MR) is 141 cm³/mol. The molecule has 0 fully saturated rings. The molecule has 0 bridgehead atoms. The van der Waals surface area contributed by atoms with Gasteiger partial charge < -0.3 is 14.2 Å². The topological polar surface area (TPSA) is 40.0 Å². The van der Waals surface area contributed by atoms with E-state index < -0.39 is 0 Å². The Morgan fingerprint density at radius 2 is 1.54 bits per heavy atom. The van der Waals surface area contributed by atoms with Gasteiger partial charge in [0, 0.05) is 28.8 Å². The van der Waals surface area contributed by atoms with E-state index in [1.54, 1.807) is 7.11 Å². The second-order valence-corrected chi connectivity index (χ2v) is 8.16. The van der Waals surface area contributed by atoms with Crippen LogP contribution in [0.15, 0.2) is 114 Å². The molecule has 0 N–H and O–H groups in total. The molecule has 4 aromatic carbocycles. The van der Waals surface area contributed by atoms with Crippen LogP contribution in [0.2, 0.25) is 0 Å². The lowest BCUT2D eigenvalue weighted by atomic mass is 9.81. The Hall–Kier alpha value is -4.31. The molecule has 1 atom stereocenters. The first-order valence-electron chi connectivity index (χ1n) is 11.7. The summed E-state index contributed by atoms with van der Waals surface area (Å²) in [6, 6.07) is 34.5. The average Bonchev–Trinajstić information content (AvgIpc) is 2.92. The van der Waals surface area contributed by atoms with E-state index in [9.17, 15) is 0 Å². The smallest absolute Gasteiger partial charge is 0.144 e. The number of hydrogen-bond acceptors (Lipinski definition) is 4. The maximum absolute atomic E-state index is 6.54. The van der Waals surface area contributed by atoms with Gasteiger partial charge in [0.1, 0.15) is 28.7 Å². The minimum absolute atomic E-state index is 0.0406. The van der Waals surface area contributed by atoms with Gasteiger partial charge in [-0.05, 0) is 55.0 Å². The maximum atomic E-state index is 6.54. The SMILES string of the molecule is CCOc1ccc(C2=C(C=Nc3ccccc3OC)[C@@H](c3ccccc3)c3ccccc3O2)cc1. The highest BCUT2D eigenvalue weighted by Gasteiger charge is 2.30. The summed E-state index contributed by atoms with van der Waals surface area (Å²) in [5.74, 6) is 3.14. The first-order valence-corrected chi connectivity index (χ1v) is 11.7. The minimum Gasteiger partial charge on any atom is -0.494 e. The van der Waals surface area contributed by atoms with Crippen LogP contribution in [-0.4, -0.2) is 19.9 Å². The van der Waals surface area contributed by atoms with Crippen molar-refractivity contribution < 1.29 is 14.2 Å². The van der Waals surface area contributed by atoms with E-state index in [-0.39, 0.29) is 5.92 Å². The molecule has 1 heterocycles. The number of allylic oxidation sites excluding steroid dienone is 1. The largest absolute Gasteiger partial charge is 0.494 e. The lowest BCUT2D eigenvalue weighted by Gasteiger charge is -2.30. The number of nitrogens with zero attached hydrogens (tertiary/aromatic N) is 1. The van der Waals surface area contributed by atoms with E-state index in [2.05, 4.69) is 36.4 Å². The minimum atomic E-state index is -0.0406. The molecule has 4 nitrogen and oxygen atoms in total. The first-order chi connectivity index (χ1) is 17.3. The number of methoxy groups -OCH3 is 1. The predicted octanol–water partition coefficient (Wildman–Crippen LogP) is 7.43. The second-order valence-electron chi connectivity index (χ2n) is 8.16. The molecule has 0 aliphatic carbocycles. The van der Waals surface area contributed by atoms with E-state index in [4.69, 9.17) is 19.2 Å². The second kappa shape index (κ2) is 10.3. The van der Waals surface area contributed by atoms with Gasteiger partial charge in [0.25, 0.3) is 0 Å². The van der Waals surface area contributed by atoms with Gasteiger partial charge in [-0.25, -0.2) is 0 Å². The Labute approximate surface area is 206 Å². The third kappa shape index (κ3) is 4.69. The first kappa shape index (κ1) is 22.5. The third-order valence-corrected chi connectivity index (χ3v) is 6.00. The Kier molecular flexibility index (Phi) is 6.62. The summed E-state index contributed by atoms with van der Waals surface area (Å²) in [5.41, 5.74) is 4.98. The van der Waals surface area contributed by atoms with Gasteiger partial charge in [-0.15, -0.1) is 0 Å². The quantitative estimate of drug-likeness (QED) is 0.269. The lowest BCUT2D eigenvalue weighted by Crippen LogP contribution is -2.17. The van der Waals surface area contributed by atoms with Crippen LogP contribution in [-0.2, 0) is 0 Å². The number of hydrogen-bond donors (Lipinski definition) is 0. The van der Waals surface area contributed by atoms with Crippen molar-refractivity contribution in [1.29, 1.82) is 0 Å². The number of para-hydroxylation sites is 3. The van der Waals surface area contributed by atoms with Gasteiger partial charge in [-0.2, -0.15) is 0 Å². The van der Waals surface area contributed by atoms with E-state index in [1.165, 1.54) is 5.56 Å². The monoisotopic (exact) mass is 461 g/mol. The molecule has 1 aliphatic rings. The fourth-order valence-corrected chi connectivity index (χ4v) is 4.39. The Morgan fingerprint density at radius 3 is 2.31 bits per heavy atom. The van der Waals surface area contributed by atoms with Gasteiger partial charge in [0.2, 0.25) is 0 Å². The molecule has 0 unspecified atom stereocenters. The van der Waals surface area contributed by atoms with Crippen molar-refractivity contribution in [2.24, 2.45) is 4.99 Å². The summed E-state index contributed by atoms with van der Waals surface area (Å²) in [6.45, 7) is 2.60. The van der Waals surface area contributed by atoms with Crippen LogP contribution in [0.25, 0.3) is 5.76 Å². The molecule has 1 aliphatic heterocycles. The zero-order valence-electron chi connectivity index (χ0n) is 19.8. The molecule has 0 spiro atoms. The molecule has 0 aromatic heterocycles. The average molecular weight is 462 g/mol. The number of ether oxygens (including phenoxy) is 3. The van der Waals surface area contributed by atoms with Crippen molar-refractivity contribution in [3.63, 3.8) is 0 Å². The fraction of sp³-hybridized carbons (Fsp3) is 0.129. The maximum Gasteiger partial charge on any atom is 0.144 e. The summed E-state index contributed by atoms with van der Waals surface area (Å²) < 4.78 is 17.7. The van der Waals surface area contributed by atoms with Crippen LogP contribution in [0.4, 0.5) is 5.69 Å². The summed E-state index contributed by atoms with van der Waals surface area (Å²) in [6.07, 6.45) is 1.91. The van der Waals surface area contributed by atoms with Gasteiger partial charge in [-0.1, -0.05) is 60.7 Å². The highest BCUT2D eigenvalue weighted by molar-refractivity contribution is 5.95. The zero-order valence-corrected chi connectivity index (χ0v) is 19.8. The summed E-state index contributed by atoms with van der Waals surface area (Å²) in [7, 11) is 1.66. The van der Waals surface area contributed by atoms with Crippen molar-refractivity contribution >= 4 is 17.7 Å². The van der Waals surface area contributed by atoms with Crippen molar-refractivity contribution in [1.82, 2.24) is 0 Å². The molecule has 174 valence electrons. The molecule has 35 heavy (non-hydrogen) atoms. The summed E-state index contributed by atoms with van der Waals surface area (Å²) in [5, 5.41) is 0. The van der Waals surface area contributed by atoms with Gasteiger partial charge in [0.05, 0.1) is 13.7 Å². The fourth-order valence-electron chi connectivity index (χ4n) is 4.39. The molecule has 4 heteroatoms. The van der Waals surface area contributed by atoms with Crippen molar-refractivity contribution in [3.8, 4) is 17.2 Å². The van der Waals surface area contributed by atoms with Gasteiger partial charge in [-0.3, -0.25) is 4.99 Å². The van der Waals surface area contributed by atoms with E-state index in [1.807, 2.05) is 79.9 Å². The number of fused-ring (bicyclic) bond motifs is 1. The molecule has 0 saturated carbocycles. The van der Waals surface area contributed by atoms with Crippen LogP contribution < -0.4 is 14.2 Å². The third-order valence-electron chi connectivity index (χ3n) is 6.00. The standard InChI is InChI=1S/C31H27NO3/c1-3-34-24-19-17-23(18-20-24)31-26(21-32-27-14-8-10-16-29(27)33-2)30(22-11-5-4-6-12-22)25-13-7-9-15-28(25)35-31/h4-21,30H,3H2,1-2H3/t30-/m0/s1. The lowest BCUT2D eigenvalue weighted by molar-refractivity contribution is 0.340. The number of aliphatic imine (C=N–C) groups is 1. The summed E-state index contributed by atoms with van der Waals surface area (Å²) in [4.78, 5) is 4.86. The zero-order chi connectivity index (χ0) is 24.0. The molecule has 5 rings (SSSR count). The van der Waals surface area contributed by atoms with Crippen LogP contribution in [0.3, 0.4) is 0 Å². The van der Waals surface area contributed by atoms with Crippen molar-refractivity contribution in [3.05, 3.63) is 125 Å². The number of rotatable bonds is 7. The van der Waals surface area contributed by atoms with Crippen LogP contribution >= 0.6 is 0 Å². The molecule has 0 radical (unpaired) electrons. The molecule has 0 saturated heterocycles. The Balaban J connectivity index is 1.70.